The molecule has 0 radical (unpaired) electrons. The molecule has 0 saturated carbocycles. The minimum Gasteiger partial charge on any atom is -0.313 e. The maximum Gasteiger partial charge on any atom is 0.0137 e. The highest BCUT2D eigenvalue weighted by molar-refractivity contribution is 5.06. The van der Waals surface area contributed by atoms with Crippen LogP contribution in [-0.4, -0.2) is 13.1 Å². The first-order chi connectivity index (χ1) is 5.43. The van der Waals surface area contributed by atoms with Gasteiger partial charge in [-0.25, -0.2) is 0 Å². The minimum atomic E-state index is 1.10. The first-order valence-electron chi connectivity index (χ1n) is 4.82. The normalized spacial score (nSPS) is 18.1. The van der Waals surface area contributed by atoms with Gasteiger partial charge in [0.05, 0.1) is 0 Å². The molecule has 1 aliphatic rings. The first kappa shape index (κ1) is 8.79. The number of nitrogens with one attached hydrogen (secondary N) is 1. The highest BCUT2D eigenvalue weighted by Crippen LogP contribution is 2.13. The van der Waals surface area contributed by atoms with Crippen LogP contribution in [0.4, 0.5) is 0 Å². The zero-order valence-electron chi connectivity index (χ0n) is 7.53. The van der Waals surface area contributed by atoms with Crippen molar-refractivity contribution in [1.82, 2.24) is 5.32 Å². The summed E-state index contributed by atoms with van der Waals surface area (Å²) < 4.78 is 0. The van der Waals surface area contributed by atoms with E-state index in [4.69, 9.17) is 0 Å². The van der Waals surface area contributed by atoms with Crippen molar-refractivity contribution in [2.75, 3.05) is 13.1 Å². The molecular weight excluding hydrogens is 134 g/mol. The number of hydrogen-bond donors (Lipinski definition) is 1. The SMILES string of the molecule is CCCCCC1=CCNCC1. The van der Waals surface area contributed by atoms with Crippen LogP contribution in [0.5, 0.6) is 0 Å². The third-order valence-corrected chi connectivity index (χ3v) is 2.26. The summed E-state index contributed by atoms with van der Waals surface area (Å²) in [5.74, 6) is 0. The van der Waals surface area contributed by atoms with Crippen molar-refractivity contribution >= 4 is 0 Å². The van der Waals surface area contributed by atoms with Crippen molar-refractivity contribution in [2.45, 2.75) is 39.0 Å². The lowest BCUT2D eigenvalue weighted by atomic mass is 10.0. The van der Waals surface area contributed by atoms with Crippen LogP contribution in [0.2, 0.25) is 0 Å². The monoisotopic (exact) mass is 153 g/mol. The van der Waals surface area contributed by atoms with Gasteiger partial charge in [-0.3, -0.25) is 0 Å². The molecule has 0 amide bonds. The van der Waals surface area contributed by atoms with Gasteiger partial charge in [0, 0.05) is 6.54 Å². The fraction of sp³-hybridized carbons (Fsp3) is 0.800. The van der Waals surface area contributed by atoms with Crippen molar-refractivity contribution in [3.8, 4) is 0 Å². The fourth-order valence-corrected chi connectivity index (χ4v) is 1.50. The molecule has 0 unspecified atom stereocenters. The Balaban J connectivity index is 2.09. The lowest BCUT2D eigenvalue weighted by Gasteiger charge is -2.13. The maximum absolute atomic E-state index is 3.33. The standard InChI is InChI=1S/C10H19N/c1-2-3-4-5-10-6-8-11-9-7-10/h6,11H,2-5,7-9H2,1H3. The lowest BCUT2D eigenvalue weighted by molar-refractivity contribution is 0.644. The van der Waals surface area contributed by atoms with Gasteiger partial charge in [0.25, 0.3) is 0 Å². The predicted octanol–water partition coefficient (Wildman–Crippen LogP) is 2.49. The molecule has 1 aliphatic heterocycles. The van der Waals surface area contributed by atoms with Crippen LogP contribution in [0.25, 0.3) is 0 Å². The van der Waals surface area contributed by atoms with Crippen molar-refractivity contribution < 1.29 is 0 Å². The molecule has 1 heterocycles. The number of hydrogen-bond acceptors (Lipinski definition) is 1. The number of unbranched alkanes of at least 4 members (excludes halogenated alkanes) is 2. The first-order valence-corrected chi connectivity index (χ1v) is 4.82. The Bertz CT molecular complexity index is 127. The largest absolute Gasteiger partial charge is 0.313 e. The zero-order valence-corrected chi connectivity index (χ0v) is 7.53. The Hall–Kier alpha value is -0.300. The Morgan fingerprint density at radius 3 is 3.00 bits per heavy atom. The molecule has 11 heavy (non-hydrogen) atoms. The summed E-state index contributed by atoms with van der Waals surface area (Å²) in [5.41, 5.74) is 1.68. The minimum absolute atomic E-state index is 1.10. The molecule has 0 aromatic heterocycles. The number of rotatable bonds is 4. The molecule has 1 rings (SSSR count). The van der Waals surface area contributed by atoms with E-state index in [1.165, 1.54) is 38.6 Å². The second-order valence-corrected chi connectivity index (χ2v) is 3.27. The highest BCUT2D eigenvalue weighted by Gasteiger charge is 2.01. The molecule has 1 nitrogen and oxygen atoms in total. The summed E-state index contributed by atoms with van der Waals surface area (Å²) in [7, 11) is 0. The second kappa shape index (κ2) is 5.36. The maximum atomic E-state index is 3.33. The molecule has 0 aromatic rings. The van der Waals surface area contributed by atoms with Gasteiger partial charge in [-0.05, 0) is 25.8 Å². The van der Waals surface area contributed by atoms with Crippen molar-refractivity contribution in [2.24, 2.45) is 0 Å². The molecule has 0 spiro atoms. The van der Waals surface area contributed by atoms with Crippen molar-refractivity contribution in [1.29, 1.82) is 0 Å². The highest BCUT2D eigenvalue weighted by atomic mass is 14.8. The van der Waals surface area contributed by atoms with E-state index in [0.29, 0.717) is 0 Å². The van der Waals surface area contributed by atoms with Gasteiger partial charge >= 0.3 is 0 Å². The molecule has 64 valence electrons. The van der Waals surface area contributed by atoms with Gasteiger partial charge in [0.2, 0.25) is 0 Å². The lowest BCUT2D eigenvalue weighted by Crippen LogP contribution is -2.20. The molecule has 0 fully saturated rings. The second-order valence-electron chi connectivity index (χ2n) is 3.27. The third kappa shape index (κ3) is 3.57. The van der Waals surface area contributed by atoms with E-state index in [1.807, 2.05) is 0 Å². The zero-order chi connectivity index (χ0) is 7.94. The average Bonchev–Trinajstić information content (AvgIpc) is 2.07. The van der Waals surface area contributed by atoms with Gasteiger partial charge in [-0.1, -0.05) is 31.4 Å². The summed E-state index contributed by atoms with van der Waals surface area (Å²) >= 11 is 0. The summed E-state index contributed by atoms with van der Waals surface area (Å²) in [4.78, 5) is 0. The van der Waals surface area contributed by atoms with Gasteiger partial charge in [0.1, 0.15) is 0 Å². The summed E-state index contributed by atoms with van der Waals surface area (Å²) in [5, 5.41) is 3.33. The van der Waals surface area contributed by atoms with Gasteiger partial charge < -0.3 is 5.32 Å². The Morgan fingerprint density at radius 1 is 1.45 bits per heavy atom. The summed E-state index contributed by atoms with van der Waals surface area (Å²) in [6.45, 7) is 4.55. The van der Waals surface area contributed by atoms with Crippen molar-refractivity contribution in [3.05, 3.63) is 11.6 Å². The Labute approximate surface area is 69.9 Å². The van der Waals surface area contributed by atoms with Gasteiger partial charge in [0.15, 0.2) is 0 Å². The van der Waals surface area contributed by atoms with E-state index in [1.54, 1.807) is 5.57 Å². The van der Waals surface area contributed by atoms with Crippen LogP contribution < -0.4 is 5.32 Å². The smallest absolute Gasteiger partial charge is 0.0137 e. The molecule has 0 saturated heterocycles. The molecule has 0 bridgehead atoms. The average molecular weight is 153 g/mol. The predicted molar refractivity (Wildman–Crippen MR) is 49.7 cm³/mol. The Morgan fingerprint density at radius 2 is 2.36 bits per heavy atom. The van der Waals surface area contributed by atoms with E-state index in [9.17, 15) is 0 Å². The van der Waals surface area contributed by atoms with Crippen LogP contribution in [0.3, 0.4) is 0 Å². The van der Waals surface area contributed by atoms with E-state index in [0.717, 1.165) is 6.54 Å². The molecular formula is C10H19N. The van der Waals surface area contributed by atoms with Gasteiger partial charge in [-0.2, -0.15) is 0 Å². The van der Waals surface area contributed by atoms with Crippen LogP contribution in [-0.2, 0) is 0 Å². The fourth-order valence-electron chi connectivity index (χ4n) is 1.50. The quantitative estimate of drug-likeness (QED) is 0.483. The van der Waals surface area contributed by atoms with E-state index < -0.39 is 0 Å². The third-order valence-electron chi connectivity index (χ3n) is 2.26. The molecule has 0 aromatic carbocycles. The van der Waals surface area contributed by atoms with E-state index in [2.05, 4.69) is 18.3 Å². The topological polar surface area (TPSA) is 12.0 Å². The molecule has 0 aliphatic carbocycles. The van der Waals surface area contributed by atoms with E-state index >= 15 is 0 Å². The van der Waals surface area contributed by atoms with Crippen LogP contribution >= 0.6 is 0 Å². The van der Waals surface area contributed by atoms with E-state index in [-0.39, 0.29) is 0 Å². The van der Waals surface area contributed by atoms with Crippen LogP contribution in [0, 0.1) is 0 Å². The molecule has 1 heteroatoms. The van der Waals surface area contributed by atoms with Crippen LogP contribution in [0.15, 0.2) is 11.6 Å². The van der Waals surface area contributed by atoms with Gasteiger partial charge in [-0.15, -0.1) is 0 Å². The Kier molecular flexibility index (Phi) is 4.29. The molecule has 0 atom stereocenters. The molecule has 1 N–H and O–H groups in total. The van der Waals surface area contributed by atoms with Crippen molar-refractivity contribution in [3.63, 3.8) is 0 Å². The summed E-state index contributed by atoms with van der Waals surface area (Å²) in [6, 6.07) is 0. The van der Waals surface area contributed by atoms with Crippen LogP contribution in [0.1, 0.15) is 39.0 Å². The summed E-state index contributed by atoms with van der Waals surface area (Å²) in [6.07, 6.45) is 9.11.